The summed E-state index contributed by atoms with van der Waals surface area (Å²) in [4.78, 5) is 28.9. The predicted molar refractivity (Wildman–Crippen MR) is 117 cm³/mol. The lowest BCUT2D eigenvalue weighted by molar-refractivity contribution is -0.384. The monoisotopic (exact) mass is 441 g/mol. The molecule has 2 heterocycles. The molecule has 0 spiro atoms. The Hall–Kier alpha value is -3.07. The van der Waals surface area contributed by atoms with E-state index >= 15 is 0 Å². The number of hydrogen-bond acceptors (Lipinski definition) is 6. The van der Waals surface area contributed by atoms with Crippen molar-refractivity contribution in [2.45, 2.75) is 0 Å². The van der Waals surface area contributed by atoms with E-state index in [0.717, 1.165) is 10.4 Å². The molecule has 29 heavy (non-hydrogen) atoms. The molecule has 0 aliphatic carbocycles. The van der Waals surface area contributed by atoms with Gasteiger partial charge in [0, 0.05) is 22.7 Å². The number of amides is 1. The number of non-ortho nitro benzene ring substituents is 1. The van der Waals surface area contributed by atoms with Crippen LogP contribution in [0, 0.1) is 10.1 Å². The van der Waals surface area contributed by atoms with Gasteiger partial charge in [0.1, 0.15) is 0 Å². The van der Waals surface area contributed by atoms with Crippen molar-refractivity contribution in [3.05, 3.63) is 86.1 Å². The lowest BCUT2D eigenvalue weighted by Crippen LogP contribution is -2.09. The number of nitro benzene ring substituents is 1. The van der Waals surface area contributed by atoms with Gasteiger partial charge in [-0.2, -0.15) is 0 Å². The number of nitrogens with zero attached hydrogens (tertiary/aromatic N) is 2. The van der Waals surface area contributed by atoms with Crippen LogP contribution in [0.5, 0.6) is 0 Å². The first-order valence-electron chi connectivity index (χ1n) is 8.38. The van der Waals surface area contributed by atoms with Gasteiger partial charge in [0.25, 0.3) is 11.6 Å². The van der Waals surface area contributed by atoms with Crippen molar-refractivity contribution in [1.29, 1.82) is 0 Å². The van der Waals surface area contributed by atoms with Gasteiger partial charge in [-0.15, -0.1) is 11.3 Å². The molecule has 0 atom stereocenters. The Morgan fingerprint density at radius 1 is 1.03 bits per heavy atom. The van der Waals surface area contributed by atoms with E-state index in [1.54, 1.807) is 30.3 Å². The first-order valence-corrected chi connectivity index (χ1v) is 10.4. The molecule has 9 heteroatoms. The molecule has 1 N–H and O–H groups in total. The summed E-state index contributed by atoms with van der Waals surface area (Å²) in [6.07, 6.45) is 0. The van der Waals surface area contributed by atoms with Crippen LogP contribution in [0.15, 0.2) is 66.0 Å². The summed E-state index contributed by atoms with van der Waals surface area (Å²) in [6, 6.07) is 17.0. The first kappa shape index (κ1) is 19.3. The summed E-state index contributed by atoms with van der Waals surface area (Å²) in [7, 11) is 0. The number of aromatic nitrogens is 1. The van der Waals surface area contributed by atoms with Crippen molar-refractivity contribution < 1.29 is 9.72 Å². The maximum atomic E-state index is 12.4. The number of thiazole rings is 1. The molecule has 144 valence electrons. The van der Waals surface area contributed by atoms with Crippen LogP contribution in [-0.2, 0) is 0 Å². The van der Waals surface area contributed by atoms with Crippen molar-refractivity contribution in [2.24, 2.45) is 0 Å². The minimum absolute atomic E-state index is 0.00300. The third kappa shape index (κ3) is 4.19. The van der Waals surface area contributed by atoms with E-state index in [0.29, 0.717) is 26.3 Å². The molecule has 4 aromatic rings. The molecule has 6 nitrogen and oxygen atoms in total. The number of benzene rings is 2. The third-order valence-electron chi connectivity index (χ3n) is 4.05. The van der Waals surface area contributed by atoms with Gasteiger partial charge >= 0.3 is 0 Å². The van der Waals surface area contributed by atoms with Crippen LogP contribution in [0.4, 0.5) is 10.8 Å². The Labute approximate surface area is 178 Å². The molecular formula is C20H12ClN3O3S2. The zero-order chi connectivity index (χ0) is 20.4. The summed E-state index contributed by atoms with van der Waals surface area (Å²) in [5, 5.41) is 16.7. The van der Waals surface area contributed by atoms with Crippen LogP contribution in [0.25, 0.3) is 21.7 Å². The van der Waals surface area contributed by atoms with E-state index in [4.69, 9.17) is 11.6 Å². The second-order valence-corrected chi connectivity index (χ2v) is 8.32. The Morgan fingerprint density at radius 2 is 1.72 bits per heavy atom. The maximum Gasteiger partial charge on any atom is 0.269 e. The molecule has 0 unspecified atom stereocenters. The smallest absolute Gasteiger partial charge is 0.269 e. The number of nitro groups is 1. The number of halogens is 1. The molecular weight excluding hydrogens is 430 g/mol. The average Bonchev–Trinajstić information content (AvgIpc) is 3.39. The van der Waals surface area contributed by atoms with E-state index in [2.05, 4.69) is 10.3 Å². The second-order valence-electron chi connectivity index (χ2n) is 5.94. The highest BCUT2D eigenvalue weighted by Crippen LogP contribution is 2.40. The van der Waals surface area contributed by atoms with Gasteiger partial charge in [-0.25, -0.2) is 4.98 Å². The molecule has 0 saturated heterocycles. The average molecular weight is 442 g/mol. The Kier molecular flexibility index (Phi) is 5.39. The minimum atomic E-state index is -0.447. The molecule has 0 aliphatic heterocycles. The van der Waals surface area contributed by atoms with E-state index in [-0.39, 0.29) is 11.6 Å². The van der Waals surface area contributed by atoms with Crippen molar-refractivity contribution >= 4 is 51.0 Å². The molecule has 0 aliphatic rings. The molecule has 2 aromatic carbocycles. The number of carbonyl (C=O) groups excluding carboxylic acids is 1. The highest BCUT2D eigenvalue weighted by atomic mass is 35.5. The molecule has 4 rings (SSSR count). The molecule has 0 bridgehead atoms. The Morgan fingerprint density at radius 3 is 2.34 bits per heavy atom. The maximum absolute atomic E-state index is 12.4. The number of hydrogen-bond donors (Lipinski definition) is 1. The van der Waals surface area contributed by atoms with E-state index in [1.807, 2.05) is 23.6 Å². The fourth-order valence-electron chi connectivity index (χ4n) is 2.67. The van der Waals surface area contributed by atoms with Crippen molar-refractivity contribution in [2.75, 3.05) is 5.32 Å². The molecule has 0 saturated carbocycles. The van der Waals surface area contributed by atoms with Crippen LogP contribution in [-0.4, -0.2) is 15.8 Å². The fourth-order valence-corrected chi connectivity index (χ4v) is 4.41. The molecule has 0 radical (unpaired) electrons. The van der Waals surface area contributed by atoms with Crippen LogP contribution in [0.2, 0.25) is 5.02 Å². The zero-order valence-corrected chi connectivity index (χ0v) is 17.1. The lowest BCUT2D eigenvalue weighted by Gasteiger charge is -2.03. The normalized spacial score (nSPS) is 10.7. The van der Waals surface area contributed by atoms with Gasteiger partial charge < -0.3 is 0 Å². The van der Waals surface area contributed by atoms with E-state index in [9.17, 15) is 14.9 Å². The highest BCUT2D eigenvalue weighted by molar-refractivity contribution is 7.19. The summed E-state index contributed by atoms with van der Waals surface area (Å²) in [5.41, 5.74) is 2.24. The van der Waals surface area contributed by atoms with E-state index < -0.39 is 4.92 Å². The molecule has 1 amide bonds. The molecule has 2 aromatic heterocycles. The standard InChI is InChI=1S/C20H12ClN3O3S2/c21-14-7-3-13(4-8-14)18-17(12-5-9-15(10-6-12)24(26)27)22-20(29-18)23-19(25)16-2-1-11-28-16/h1-11H,(H,22,23,25). The SMILES string of the molecule is O=C(Nc1nc(-c2ccc([N+](=O)[O-])cc2)c(-c2ccc(Cl)cc2)s1)c1cccs1. The summed E-state index contributed by atoms with van der Waals surface area (Å²) >= 11 is 8.68. The van der Waals surface area contributed by atoms with Crippen molar-refractivity contribution in [3.8, 4) is 21.7 Å². The molecule has 0 fully saturated rings. The number of rotatable bonds is 5. The Bertz CT molecular complexity index is 1170. The number of nitrogens with one attached hydrogen (secondary N) is 1. The number of carbonyl (C=O) groups is 1. The predicted octanol–water partition coefficient (Wildman–Crippen LogP) is 6.35. The summed E-state index contributed by atoms with van der Waals surface area (Å²) in [6.45, 7) is 0. The van der Waals surface area contributed by atoms with Crippen molar-refractivity contribution in [1.82, 2.24) is 4.98 Å². The van der Waals surface area contributed by atoms with Crippen LogP contribution in [0.1, 0.15) is 9.67 Å². The van der Waals surface area contributed by atoms with Gasteiger partial charge in [-0.3, -0.25) is 20.2 Å². The topological polar surface area (TPSA) is 85.1 Å². The lowest BCUT2D eigenvalue weighted by atomic mass is 10.1. The van der Waals surface area contributed by atoms with Gasteiger partial charge in [0.15, 0.2) is 5.13 Å². The quantitative estimate of drug-likeness (QED) is 0.288. The summed E-state index contributed by atoms with van der Waals surface area (Å²) in [5.74, 6) is -0.230. The van der Waals surface area contributed by atoms with Gasteiger partial charge in [-0.1, -0.05) is 41.1 Å². The number of anilines is 1. The third-order valence-corrected chi connectivity index (χ3v) is 6.19. The first-order chi connectivity index (χ1) is 14.0. The van der Waals surface area contributed by atoms with Crippen LogP contribution < -0.4 is 5.32 Å². The Balaban J connectivity index is 1.75. The number of thiophene rings is 1. The van der Waals surface area contributed by atoms with Crippen LogP contribution >= 0.6 is 34.3 Å². The van der Waals surface area contributed by atoms with Gasteiger partial charge in [0.05, 0.1) is 20.4 Å². The van der Waals surface area contributed by atoms with Gasteiger partial charge in [-0.05, 0) is 41.3 Å². The van der Waals surface area contributed by atoms with Crippen molar-refractivity contribution in [3.63, 3.8) is 0 Å². The minimum Gasteiger partial charge on any atom is -0.297 e. The largest absolute Gasteiger partial charge is 0.297 e. The van der Waals surface area contributed by atoms with E-state index in [1.165, 1.54) is 34.8 Å². The van der Waals surface area contributed by atoms with Crippen LogP contribution in [0.3, 0.4) is 0 Å². The highest BCUT2D eigenvalue weighted by Gasteiger charge is 2.18. The fraction of sp³-hybridized carbons (Fsp3) is 0. The second kappa shape index (κ2) is 8.12. The summed E-state index contributed by atoms with van der Waals surface area (Å²) < 4.78 is 0. The zero-order valence-electron chi connectivity index (χ0n) is 14.7. The van der Waals surface area contributed by atoms with Gasteiger partial charge in [0.2, 0.25) is 0 Å².